The molecule has 2 aliphatic rings. The summed E-state index contributed by atoms with van der Waals surface area (Å²) in [7, 11) is 0. The molecule has 2 bridgehead atoms. The van der Waals surface area contributed by atoms with Crippen molar-refractivity contribution < 1.29 is 9.50 Å². The third-order valence-electron chi connectivity index (χ3n) is 6.07. The summed E-state index contributed by atoms with van der Waals surface area (Å²) in [4.78, 5) is 2.57. The molecule has 2 unspecified atom stereocenters. The van der Waals surface area contributed by atoms with Crippen molar-refractivity contribution >= 4 is 0 Å². The molecule has 2 fully saturated rings. The second-order valence-electron chi connectivity index (χ2n) is 7.80. The summed E-state index contributed by atoms with van der Waals surface area (Å²) in [5.41, 5.74) is 2.18. The summed E-state index contributed by atoms with van der Waals surface area (Å²) in [5, 5.41) is 11.4. The van der Waals surface area contributed by atoms with Gasteiger partial charge in [-0.3, -0.25) is 4.90 Å². The third-order valence-corrected chi connectivity index (χ3v) is 6.07. The van der Waals surface area contributed by atoms with Crippen molar-refractivity contribution in [3.8, 4) is 0 Å². The molecule has 4 rings (SSSR count). The Balaban J connectivity index is 1.61. The van der Waals surface area contributed by atoms with E-state index in [1.165, 1.54) is 24.1 Å². The number of benzene rings is 2. The van der Waals surface area contributed by atoms with E-state index in [4.69, 9.17) is 0 Å². The number of halogens is 1. The van der Waals surface area contributed by atoms with Crippen molar-refractivity contribution in [3.63, 3.8) is 0 Å². The fourth-order valence-electron chi connectivity index (χ4n) is 4.89. The molecule has 0 saturated carbocycles. The molecule has 3 heteroatoms. The van der Waals surface area contributed by atoms with E-state index in [9.17, 15) is 9.50 Å². The molecular formula is C22H26FNO. The van der Waals surface area contributed by atoms with E-state index in [-0.39, 0.29) is 5.82 Å². The van der Waals surface area contributed by atoms with Gasteiger partial charge in [0.15, 0.2) is 0 Å². The molecule has 0 aliphatic carbocycles. The highest BCUT2D eigenvalue weighted by Crippen LogP contribution is 2.45. The minimum atomic E-state index is -0.908. The minimum Gasteiger partial charge on any atom is -0.385 e. The van der Waals surface area contributed by atoms with Crippen molar-refractivity contribution in [2.24, 2.45) is 0 Å². The zero-order chi connectivity index (χ0) is 17.4. The van der Waals surface area contributed by atoms with E-state index >= 15 is 0 Å². The molecule has 2 aromatic carbocycles. The minimum absolute atomic E-state index is 0.258. The van der Waals surface area contributed by atoms with Gasteiger partial charge in [0.25, 0.3) is 0 Å². The van der Waals surface area contributed by atoms with E-state index < -0.39 is 5.60 Å². The lowest BCUT2D eigenvalue weighted by atomic mass is 9.71. The van der Waals surface area contributed by atoms with Gasteiger partial charge >= 0.3 is 0 Å². The molecule has 2 atom stereocenters. The standard InChI is InChI=1S/C22H26FNO/c1-16-10-11-18(23)12-21(16)22(25)13-19-8-5-9-20(14-22)24(19)15-17-6-3-2-4-7-17/h2-4,6-7,10-12,19-20,25H,5,8-9,13-15H2,1H3. The summed E-state index contributed by atoms with van der Waals surface area (Å²) in [5.74, 6) is -0.258. The molecule has 25 heavy (non-hydrogen) atoms. The molecule has 2 heterocycles. The first-order chi connectivity index (χ1) is 12.0. The lowest BCUT2D eigenvalue weighted by Crippen LogP contribution is -2.56. The molecule has 2 saturated heterocycles. The number of rotatable bonds is 3. The normalized spacial score (nSPS) is 29.6. The smallest absolute Gasteiger partial charge is 0.123 e. The predicted octanol–water partition coefficient (Wildman–Crippen LogP) is 4.54. The molecule has 132 valence electrons. The van der Waals surface area contributed by atoms with E-state index in [1.807, 2.05) is 13.0 Å². The van der Waals surface area contributed by atoms with Gasteiger partial charge in [-0.15, -0.1) is 0 Å². The van der Waals surface area contributed by atoms with Gasteiger partial charge < -0.3 is 5.11 Å². The molecule has 2 aliphatic heterocycles. The van der Waals surface area contributed by atoms with Gasteiger partial charge in [0.1, 0.15) is 5.82 Å². The fourth-order valence-corrected chi connectivity index (χ4v) is 4.89. The van der Waals surface area contributed by atoms with Gasteiger partial charge in [0.2, 0.25) is 0 Å². The molecule has 0 aromatic heterocycles. The average Bonchev–Trinajstić information content (AvgIpc) is 2.59. The quantitative estimate of drug-likeness (QED) is 0.887. The Morgan fingerprint density at radius 1 is 1.08 bits per heavy atom. The number of hydrogen-bond donors (Lipinski definition) is 1. The summed E-state index contributed by atoms with van der Waals surface area (Å²) in [6.45, 7) is 2.91. The highest BCUT2D eigenvalue weighted by atomic mass is 19.1. The molecular weight excluding hydrogens is 313 g/mol. The maximum Gasteiger partial charge on any atom is 0.123 e. The van der Waals surface area contributed by atoms with Gasteiger partial charge in [-0.2, -0.15) is 0 Å². The van der Waals surface area contributed by atoms with Gasteiger partial charge in [0.05, 0.1) is 5.60 Å². The van der Waals surface area contributed by atoms with Crippen LogP contribution in [0.3, 0.4) is 0 Å². The zero-order valence-electron chi connectivity index (χ0n) is 14.8. The number of fused-ring (bicyclic) bond motifs is 2. The van der Waals surface area contributed by atoms with Crippen LogP contribution in [0.4, 0.5) is 4.39 Å². The molecule has 0 spiro atoms. The van der Waals surface area contributed by atoms with Crippen LogP contribution in [-0.2, 0) is 12.1 Å². The second-order valence-corrected chi connectivity index (χ2v) is 7.80. The van der Waals surface area contributed by atoms with Crippen LogP contribution in [0.1, 0.15) is 48.8 Å². The number of nitrogens with zero attached hydrogens (tertiary/aromatic N) is 1. The topological polar surface area (TPSA) is 23.5 Å². The highest BCUT2D eigenvalue weighted by molar-refractivity contribution is 5.33. The van der Waals surface area contributed by atoms with E-state index in [2.05, 4.69) is 29.2 Å². The highest BCUT2D eigenvalue weighted by Gasteiger charge is 2.46. The van der Waals surface area contributed by atoms with Crippen LogP contribution >= 0.6 is 0 Å². The first-order valence-corrected chi connectivity index (χ1v) is 9.34. The van der Waals surface area contributed by atoms with Gasteiger partial charge in [-0.05, 0) is 61.4 Å². The Bertz CT molecular complexity index is 731. The fraction of sp³-hybridized carbons (Fsp3) is 0.455. The first-order valence-electron chi connectivity index (χ1n) is 9.34. The monoisotopic (exact) mass is 339 g/mol. The number of piperidine rings is 2. The Kier molecular flexibility index (Phi) is 4.38. The Hall–Kier alpha value is -1.71. The maximum atomic E-state index is 13.8. The van der Waals surface area contributed by atoms with Crippen LogP contribution in [0.2, 0.25) is 0 Å². The third kappa shape index (κ3) is 3.23. The summed E-state index contributed by atoms with van der Waals surface area (Å²) in [6.07, 6.45) is 4.83. The van der Waals surface area contributed by atoms with Gasteiger partial charge in [0, 0.05) is 18.6 Å². The largest absolute Gasteiger partial charge is 0.385 e. The lowest BCUT2D eigenvalue weighted by molar-refractivity contribution is -0.100. The summed E-state index contributed by atoms with van der Waals surface area (Å²) in [6, 6.07) is 16.1. The second kappa shape index (κ2) is 6.54. The van der Waals surface area contributed by atoms with Crippen molar-refractivity contribution in [2.45, 2.75) is 63.3 Å². The zero-order valence-corrected chi connectivity index (χ0v) is 14.8. The van der Waals surface area contributed by atoms with Crippen LogP contribution in [0.15, 0.2) is 48.5 Å². The van der Waals surface area contributed by atoms with Crippen molar-refractivity contribution in [1.29, 1.82) is 0 Å². The van der Waals surface area contributed by atoms with Crippen molar-refractivity contribution in [1.82, 2.24) is 4.90 Å². The van der Waals surface area contributed by atoms with Crippen LogP contribution in [0.5, 0.6) is 0 Å². The SMILES string of the molecule is Cc1ccc(F)cc1C1(O)CC2CCCC(C1)N2Cc1ccccc1. The molecule has 1 N–H and O–H groups in total. The van der Waals surface area contributed by atoms with E-state index in [1.54, 1.807) is 6.07 Å². The van der Waals surface area contributed by atoms with Crippen molar-refractivity contribution in [3.05, 3.63) is 71.0 Å². The van der Waals surface area contributed by atoms with E-state index in [0.29, 0.717) is 24.9 Å². The first kappa shape index (κ1) is 16.7. The summed E-state index contributed by atoms with van der Waals surface area (Å²) >= 11 is 0. The molecule has 2 aromatic rings. The summed E-state index contributed by atoms with van der Waals surface area (Å²) < 4.78 is 13.8. The number of hydrogen-bond acceptors (Lipinski definition) is 2. The number of aryl methyl sites for hydroxylation is 1. The molecule has 0 amide bonds. The van der Waals surface area contributed by atoms with E-state index in [0.717, 1.165) is 30.5 Å². The van der Waals surface area contributed by atoms with Gasteiger partial charge in [-0.1, -0.05) is 42.8 Å². The Morgan fingerprint density at radius 2 is 1.76 bits per heavy atom. The van der Waals surface area contributed by atoms with Crippen LogP contribution in [0.25, 0.3) is 0 Å². The number of aliphatic hydroxyl groups is 1. The van der Waals surface area contributed by atoms with Crippen LogP contribution < -0.4 is 0 Å². The Morgan fingerprint density at radius 3 is 2.44 bits per heavy atom. The Labute approximate surface area is 149 Å². The maximum absolute atomic E-state index is 13.8. The van der Waals surface area contributed by atoms with Crippen LogP contribution in [-0.4, -0.2) is 22.1 Å². The lowest BCUT2D eigenvalue weighted by Gasteiger charge is -2.52. The molecule has 2 nitrogen and oxygen atoms in total. The van der Waals surface area contributed by atoms with Crippen LogP contribution in [0, 0.1) is 12.7 Å². The molecule has 0 radical (unpaired) electrons. The average molecular weight is 339 g/mol. The van der Waals surface area contributed by atoms with Crippen molar-refractivity contribution in [2.75, 3.05) is 0 Å². The predicted molar refractivity (Wildman–Crippen MR) is 97.7 cm³/mol. The van der Waals surface area contributed by atoms with Gasteiger partial charge in [-0.25, -0.2) is 4.39 Å².